The molecular weight excluding hydrogens is 196 g/mol. The Bertz CT molecular complexity index is 316. The lowest BCUT2D eigenvalue weighted by Crippen LogP contribution is -2.20. The second kappa shape index (κ2) is 4.13. The van der Waals surface area contributed by atoms with Crippen LogP contribution in [0.15, 0.2) is 6.07 Å². The molecule has 0 amide bonds. The smallest absolute Gasteiger partial charge is 0.0815 e. The predicted octanol–water partition coefficient (Wildman–Crippen LogP) is 1.77. The first kappa shape index (κ1) is 9.71. The molecule has 2 nitrogen and oxygen atoms in total. The average molecular weight is 209 g/mol. The Balaban J connectivity index is 2.27. The van der Waals surface area contributed by atoms with E-state index in [0.717, 1.165) is 12.8 Å². The van der Waals surface area contributed by atoms with Gasteiger partial charge in [0, 0.05) is 4.88 Å². The fraction of sp³-hybridized carbons (Fsp3) is 0.545. The van der Waals surface area contributed by atoms with Crippen LogP contribution >= 0.6 is 11.3 Å². The molecule has 3 heteroatoms. The molecule has 1 aromatic rings. The molecule has 0 spiro atoms. The molecule has 0 bridgehead atoms. The SMILES string of the molecule is O=C([O-])c1cc2c(s1)CCCCCC2. The highest BCUT2D eigenvalue weighted by atomic mass is 32.1. The summed E-state index contributed by atoms with van der Waals surface area (Å²) in [5.41, 5.74) is 1.24. The normalized spacial score (nSPS) is 16.9. The van der Waals surface area contributed by atoms with Crippen LogP contribution in [-0.2, 0) is 12.8 Å². The number of hydrogen-bond donors (Lipinski definition) is 0. The number of carboxylic acids is 1. The molecule has 76 valence electrons. The molecule has 1 aliphatic rings. The lowest BCUT2D eigenvalue weighted by Gasteiger charge is -2.07. The van der Waals surface area contributed by atoms with E-state index in [1.165, 1.54) is 47.5 Å². The summed E-state index contributed by atoms with van der Waals surface area (Å²) in [5, 5.41) is 10.7. The lowest BCUT2D eigenvalue weighted by atomic mass is 10.00. The molecule has 0 aliphatic heterocycles. The van der Waals surface area contributed by atoms with Gasteiger partial charge in [0.15, 0.2) is 0 Å². The van der Waals surface area contributed by atoms with E-state index in [4.69, 9.17) is 0 Å². The first-order chi connectivity index (χ1) is 6.77. The van der Waals surface area contributed by atoms with Crippen molar-refractivity contribution in [2.45, 2.75) is 38.5 Å². The van der Waals surface area contributed by atoms with Crippen molar-refractivity contribution in [3.05, 3.63) is 21.4 Å². The minimum Gasteiger partial charge on any atom is -0.544 e. The van der Waals surface area contributed by atoms with Gasteiger partial charge in [-0.2, -0.15) is 0 Å². The molecule has 2 rings (SSSR count). The number of carboxylic acid groups (broad SMARTS) is 1. The maximum atomic E-state index is 10.7. The number of thiophene rings is 1. The summed E-state index contributed by atoms with van der Waals surface area (Å²) in [7, 11) is 0. The number of hydrogen-bond acceptors (Lipinski definition) is 3. The second-order valence-electron chi connectivity index (χ2n) is 3.76. The summed E-state index contributed by atoms with van der Waals surface area (Å²) in [5.74, 6) is -1.03. The summed E-state index contributed by atoms with van der Waals surface area (Å²) in [4.78, 5) is 12.4. The minimum atomic E-state index is -1.03. The largest absolute Gasteiger partial charge is 0.544 e. The van der Waals surface area contributed by atoms with Gasteiger partial charge in [0.2, 0.25) is 0 Å². The molecular formula is C11H13O2S-. The van der Waals surface area contributed by atoms with Crippen molar-refractivity contribution in [3.8, 4) is 0 Å². The molecule has 0 fully saturated rings. The number of carbonyl (C=O) groups is 1. The predicted molar refractivity (Wildman–Crippen MR) is 54.5 cm³/mol. The van der Waals surface area contributed by atoms with Crippen LogP contribution in [0.5, 0.6) is 0 Å². The first-order valence-corrected chi connectivity index (χ1v) is 5.92. The highest BCUT2D eigenvalue weighted by Crippen LogP contribution is 2.27. The molecule has 0 aromatic carbocycles. The molecule has 0 radical (unpaired) electrons. The number of rotatable bonds is 1. The third kappa shape index (κ3) is 1.98. The third-order valence-corrected chi connectivity index (χ3v) is 3.91. The Labute approximate surface area is 87.6 Å². The van der Waals surface area contributed by atoms with Crippen molar-refractivity contribution in [2.75, 3.05) is 0 Å². The van der Waals surface area contributed by atoms with Gasteiger partial charge in [0.05, 0.1) is 10.8 Å². The number of carbonyl (C=O) groups excluding carboxylic acids is 1. The van der Waals surface area contributed by atoms with Gasteiger partial charge in [-0.25, -0.2) is 0 Å². The molecule has 0 atom stereocenters. The van der Waals surface area contributed by atoms with Gasteiger partial charge in [-0.3, -0.25) is 0 Å². The van der Waals surface area contributed by atoms with Gasteiger partial charge >= 0.3 is 0 Å². The third-order valence-electron chi connectivity index (χ3n) is 2.70. The van der Waals surface area contributed by atoms with Crippen LogP contribution in [-0.4, -0.2) is 5.97 Å². The second-order valence-corrected chi connectivity index (χ2v) is 4.90. The first-order valence-electron chi connectivity index (χ1n) is 5.10. The summed E-state index contributed by atoms with van der Waals surface area (Å²) in [6, 6.07) is 1.81. The van der Waals surface area contributed by atoms with Crippen LogP contribution in [0.1, 0.15) is 45.8 Å². The van der Waals surface area contributed by atoms with E-state index < -0.39 is 5.97 Å². The topological polar surface area (TPSA) is 40.1 Å². The molecule has 1 heterocycles. The standard InChI is InChI=1S/C11H14O2S/c12-11(13)10-7-8-5-3-1-2-4-6-9(8)14-10/h7H,1-6H2,(H,12,13)/p-1. The van der Waals surface area contributed by atoms with Crippen molar-refractivity contribution >= 4 is 17.3 Å². The van der Waals surface area contributed by atoms with E-state index >= 15 is 0 Å². The van der Waals surface area contributed by atoms with Crippen LogP contribution in [0, 0.1) is 0 Å². The Morgan fingerprint density at radius 2 is 1.93 bits per heavy atom. The molecule has 1 aliphatic carbocycles. The van der Waals surface area contributed by atoms with E-state index in [0.29, 0.717) is 4.88 Å². The molecule has 0 N–H and O–H groups in total. The fourth-order valence-electron chi connectivity index (χ4n) is 1.94. The Morgan fingerprint density at radius 3 is 2.64 bits per heavy atom. The summed E-state index contributed by atoms with van der Waals surface area (Å²) >= 11 is 1.40. The van der Waals surface area contributed by atoms with Crippen LogP contribution < -0.4 is 5.11 Å². The van der Waals surface area contributed by atoms with Gasteiger partial charge in [-0.15, -0.1) is 11.3 Å². The van der Waals surface area contributed by atoms with E-state index in [-0.39, 0.29) is 0 Å². The number of fused-ring (bicyclic) bond motifs is 1. The average Bonchev–Trinajstić information content (AvgIpc) is 2.48. The molecule has 14 heavy (non-hydrogen) atoms. The minimum absolute atomic E-state index is 0.400. The van der Waals surface area contributed by atoms with Gasteiger partial charge in [-0.1, -0.05) is 12.8 Å². The fourth-order valence-corrected chi connectivity index (χ4v) is 3.03. The van der Waals surface area contributed by atoms with Gasteiger partial charge < -0.3 is 9.90 Å². The van der Waals surface area contributed by atoms with Crippen LogP contribution in [0.25, 0.3) is 0 Å². The van der Waals surface area contributed by atoms with Crippen molar-refractivity contribution in [1.82, 2.24) is 0 Å². The molecule has 0 saturated heterocycles. The highest BCUT2D eigenvalue weighted by Gasteiger charge is 2.11. The van der Waals surface area contributed by atoms with E-state index in [1.807, 2.05) is 0 Å². The number of aromatic carboxylic acids is 1. The van der Waals surface area contributed by atoms with E-state index in [1.54, 1.807) is 6.07 Å². The maximum absolute atomic E-state index is 10.7. The van der Waals surface area contributed by atoms with Crippen LogP contribution in [0.2, 0.25) is 0 Å². The molecule has 1 aromatic heterocycles. The summed E-state index contributed by atoms with van der Waals surface area (Å²) in [6.07, 6.45) is 7.02. The van der Waals surface area contributed by atoms with Crippen molar-refractivity contribution in [1.29, 1.82) is 0 Å². The van der Waals surface area contributed by atoms with E-state index in [9.17, 15) is 9.90 Å². The van der Waals surface area contributed by atoms with E-state index in [2.05, 4.69) is 0 Å². The van der Waals surface area contributed by atoms with Gasteiger partial charge in [0.25, 0.3) is 0 Å². The molecule has 0 unspecified atom stereocenters. The highest BCUT2D eigenvalue weighted by molar-refractivity contribution is 7.14. The lowest BCUT2D eigenvalue weighted by molar-refractivity contribution is -0.254. The number of aryl methyl sites for hydroxylation is 2. The van der Waals surface area contributed by atoms with Crippen molar-refractivity contribution < 1.29 is 9.90 Å². The molecule has 0 saturated carbocycles. The Kier molecular flexibility index (Phi) is 2.87. The van der Waals surface area contributed by atoms with Gasteiger partial charge in [-0.05, 0) is 37.3 Å². The summed E-state index contributed by atoms with van der Waals surface area (Å²) < 4.78 is 0. The van der Waals surface area contributed by atoms with Crippen LogP contribution in [0.4, 0.5) is 0 Å². The Hall–Kier alpha value is -0.830. The Morgan fingerprint density at radius 1 is 1.21 bits per heavy atom. The maximum Gasteiger partial charge on any atom is 0.0815 e. The quantitative estimate of drug-likeness (QED) is 0.707. The zero-order valence-electron chi connectivity index (χ0n) is 8.04. The zero-order valence-corrected chi connectivity index (χ0v) is 8.86. The monoisotopic (exact) mass is 209 g/mol. The summed E-state index contributed by atoms with van der Waals surface area (Å²) in [6.45, 7) is 0. The van der Waals surface area contributed by atoms with Crippen molar-refractivity contribution in [2.24, 2.45) is 0 Å². The zero-order chi connectivity index (χ0) is 9.97. The van der Waals surface area contributed by atoms with Crippen molar-refractivity contribution in [3.63, 3.8) is 0 Å². The van der Waals surface area contributed by atoms with Crippen LogP contribution in [0.3, 0.4) is 0 Å². The van der Waals surface area contributed by atoms with Gasteiger partial charge in [0.1, 0.15) is 0 Å².